The predicted molar refractivity (Wildman–Crippen MR) is 50.3 cm³/mol. The predicted octanol–water partition coefficient (Wildman–Crippen LogP) is 1.89. The minimum Gasteiger partial charge on any atom is -0.458 e. The van der Waals surface area contributed by atoms with E-state index in [1.807, 2.05) is 13.8 Å². The van der Waals surface area contributed by atoms with Crippen LogP contribution in [0.2, 0.25) is 0 Å². The maximum absolute atomic E-state index is 10.9. The van der Waals surface area contributed by atoms with Gasteiger partial charge >= 0.3 is 5.30 Å². The maximum Gasteiger partial charge on any atom is 0.367 e. The van der Waals surface area contributed by atoms with Crippen LogP contribution in [0.1, 0.15) is 20.8 Å². The molecule has 3 nitrogen and oxygen atoms in total. The summed E-state index contributed by atoms with van der Waals surface area (Å²) in [6, 6.07) is 0. The van der Waals surface area contributed by atoms with E-state index in [0.717, 1.165) is 11.8 Å². The first-order valence-electron chi connectivity index (χ1n) is 4.06. The van der Waals surface area contributed by atoms with Crippen LogP contribution >= 0.6 is 11.8 Å². The van der Waals surface area contributed by atoms with Crippen molar-refractivity contribution in [1.82, 2.24) is 0 Å². The lowest BCUT2D eigenvalue weighted by atomic mass is 10.1. The van der Waals surface area contributed by atoms with E-state index < -0.39 is 0 Å². The number of ether oxygens (including phenoxy) is 1. The molecule has 72 valence electrons. The molecule has 0 amide bonds. The number of hydrogen-bond donors (Lipinski definition) is 1. The molecule has 4 heteroatoms. The SMILES string of the molecule is CCOC(=O)SC(C)C(C)CO. The summed E-state index contributed by atoms with van der Waals surface area (Å²) >= 11 is 1.14. The zero-order valence-electron chi connectivity index (χ0n) is 7.74. The van der Waals surface area contributed by atoms with Gasteiger partial charge in [-0.2, -0.15) is 0 Å². The number of carbonyl (C=O) groups excluding carboxylic acids is 1. The van der Waals surface area contributed by atoms with Gasteiger partial charge in [0.15, 0.2) is 0 Å². The quantitative estimate of drug-likeness (QED) is 0.691. The van der Waals surface area contributed by atoms with Crippen LogP contribution in [0, 0.1) is 5.92 Å². The third-order valence-electron chi connectivity index (χ3n) is 1.63. The molecule has 0 aliphatic rings. The second-order valence-electron chi connectivity index (χ2n) is 2.67. The Hall–Kier alpha value is -0.220. The topological polar surface area (TPSA) is 46.5 Å². The van der Waals surface area contributed by atoms with Crippen molar-refractivity contribution in [3.8, 4) is 0 Å². The van der Waals surface area contributed by atoms with Crippen LogP contribution in [0.25, 0.3) is 0 Å². The monoisotopic (exact) mass is 192 g/mol. The highest BCUT2D eigenvalue weighted by molar-refractivity contribution is 8.13. The van der Waals surface area contributed by atoms with Crippen LogP contribution < -0.4 is 0 Å². The highest BCUT2D eigenvalue weighted by Gasteiger charge is 2.16. The molecular weight excluding hydrogens is 176 g/mol. The largest absolute Gasteiger partial charge is 0.458 e. The van der Waals surface area contributed by atoms with Crippen molar-refractivity contribution in [2.75, 3.05) is 13.2 Å². The third kappa shape index (κ3) is 4.62. The average molecular weight is 192 g/mol. The summed E-state index contributed by atoms with van der Waals surface area (Å²) in [7, 11) is 0. The first-order chi connectivity index (χ1) is 5.61. The van der Waals surface area contributed by atoms with E-state index in [0.29, 0.717) is 6.61 Å². The fourth-order valence-corrected chi connectivity index (χ4v) is 1.38. The van der Waals surface area contributed by atoms with Gasteiger partial charge in [-0.25, -0.2) is 4.79 Å². The fourth-order valence-electron chi connectivity index (χ4n) is 0.568. The van der Waals surface area contributed by atoms with Gasteiger partial charge in [-0.15, -0.1) is 0 Å². The second-order valence-corrected chi connectivity index (χ2v) is 3.98. The first-order valence-corrected chi connectivity index (χ1v) is 4.94. The van der Waals surface area contributed by atoms with Crippen molar-refractivity contribution >= 4 is 17.1 Å². The van der Waals surface area contributed by atoms with Crippen LogP contribution in [0.4, 0.5) is 4.79 Å². The van der Waals surface area contributed by atoms with E-state index in [1.54, 1.807) is 6.92 Å². The number of carbonyl (C=O) groups is 1. The Balaban J connectivity index is 3.67. The fraction of sp³-hybridized carbons (Fsp3) is 0.875. The number of aliphatic hydroxyl groups is 1. The van der Waals surface area contributed by atoms with E-state index in [9.17, 15) is 4.79 Å². The smallest absolute Gasteiger partial charge is 0.367 e. The molecule has 0 heterocycles. The molecule has 0 saturated carbocycles. The molecule has 0 aliphatic heterocycles. The zero-order valence-corrected chi connectivity index (χ0v) is 8.56. The summed E-state index contributed by atoms with van der Waals surface area (Å²) in [5.74, 6) is 0.124. The lowest BCUT2D eigenvalue weighted by molar-refractivity contribution is 0.181. The zero-order chi connectivity index (χ0) is 9.56. The van der Waals surface area contributed by atoms with Crippen LogP contribution in [-0.4, -0.2) is 28.9 Å². The minimum absolute atomic E-state index is 0.105. The second kappa shape index (κ2) is 6.31. The molecule has 0 aromatic rings. The van der Waals surface area contributed by atoms with Crippen LogP contribution in [0.3, 0.4) is 0 Å². The van der Waals surface area contributed by atoms with E-state index in [4.69, 9.17) is 9.84 Å². The molecule has 0 spiro atoms. The molecule has 0 fully saturated rings. The summed E-state index contributed by atoms with van der Waals surface area (Å²) in [6.45, 7) is 6.09. The lowest BCUT2D eigenvalue weighted by Gasteiger charge is -2.15. The van der Waals surface area contributed by atoms with Gasteiger partial charge in [0.1, 0.15) is 0 Å². The normalized spacial score (nSPS) is 15.3. The Labute approximate surface area is 77.5 Å². The molecule has 0 rings (SSSR count). The molecule has 0 radical (unpaired) electrons. The van der Waals surface area contributed by atoms with Crippen molar-refractivity contribution in [3.05, 3.63) is 0 Å². The molecule has 0 aromatic carbocycles. The molecule has 1 N–H and O–H groups in total. The van der Waals surface area contributed by atoms with E-state index in [1.165, 1.54) is 0 Å². The summed E-state index contributed by atoms with van der Waals surface area (Å²) in [5, 5.41) is 8.63. The molecule has 2 atom stereocenters. The Morgan fingerprint density at radius 1 is 1.58 bits per heavy atom. The Morgan fingerprint density at radius 2 is 2.17 bits per heavy atom. The lowest BCUT2D eigenvalue weighted by Crippen LogP contribution is -2.16. The summed E-state index contributed by atoms with van der Waals surface area (Å²) < 4.78 is 4.75. The summed E-state index contributed by atoms with van der Waals surface area (Å²) in [4.78, 5) is 10.9. The van der Waals surface area contributed by atoms with Crippen molar-refractivity contribution < 1.29 is 14.6 Å². The highest BCUT2D eigenvalue weighted by atomic mass is 32.2. The molecular formula is C8H16O3S. The minimum atomic E-state index is -0.259. The maximum atomic E-state index is 10.9. The summed E-state index contributed by atoms with van der Waals surface area (Å²) in [6.07, 6.45) is 0. The average Bonchev–Trinajstić information content (AvgIpc) is 2.03. The van der Waals surface area contributed by atoms with E-state index in [2.05, 4.69) is 0 Å². The first kappa shape index (κ1) is 11.8. The molecule has 0 saturated heterocycles. The van der Waals surface area contributed by atoms with Gasteiger partial charge in [0.2, 0.25) is 0 Å². The van der Waals surface area contributed by atoms with Crippen molar-refractivity contribution in [2.45, 2.75) is 26.0 Å². The van der Waals surface area contributed by atoms with Crippen molar-refractivity contribution in [2.24, 2.45) is 5.92 Å². The number of rotatable bonds is 4. The van der Waals surface area contributed by atoms with E-state index in [-0.39, 0.29) is 23.1 Å². The van der Waals surface area contributed by atoms with Crippen LogP contribution in [-0.2, 0) is 4.74 Å². The molecule has 0 aliphatic carbocycles. The Kier molecular flexibility index (Phi) is 6.20. The molecule has 0 aromatic heterocycles. The van der Waals surface area contributed by atoms with Gasteiger partial charge in [-0.3, -0.25) is 0 Å². The van der Waals surface area contributed by atoms with Crippen molar-refractivity contribution in [3.63, 3.8) is 0 Å². The van der Waals surface area contributed by atoms with Gasteiger partial charge in [-0.05, 0) is 24.6 Å². The van der Waals surface area contributed by atoms with Crippen LogP contribution in [0.15, 0.2) is 0 Å². The Bertz CT molecular complexity index is 138. The van der Waals surface area contributed by atoms with Crippen LogP contribution in [0.5, 0.6) is 0 Å². The molecule has 0 bridgehead atoms. The molecule has 2 unspecified atom stereocenters. The molecule has 12 heavy (non-hydrogen) atoms. The highest BCUT2D eigenvalue weighted by Crippen LogP contribution is 2.20. The standard InChI is InChI=1S/C8H16O3S/c1-4-11-8(10)12-7(3)6(2)5-9/h6-7,9H,4-5H2,1-3H3. The number of thioether (sulfide) groups is 1. The summed E-state index contributed by atoms with van der Waals surface area (Å²) in [5.41, 5.74) is 0. The van der Waals surface area contributed by atoms with Gasteiger partial charge in [0.05, 0.1) is 6.61 Å². The van der Waals surface area contributed by atoms with Gasteiger partial charge in [0, 0.05) is 11.9 Å². The third-order valence-corrected chi connectivity index (χ3v) is 2.78. The Morgan fingerprint density at radius 3 is 2.58 bits per heavy atom. The number of aliphatic hydroxyl groups excluding tert-OH is 1. The van der Waals surface area contributed by atoms with Crippen molar-refractivity contribution in [1.29, 1.82) is 0 Å². The number of hydrogen-bond acceptors (Lipinski definition) is 4. The van der Waals surface area contributed by atoms with Gasteiger partial charge in [0.25, 0.3) is 0 Å². The van der Waals surface area contributed by atoms with Gasteiger partial charge in [-0.1, -0.05) is 13.8 Å². The van der Waals surface area contributed by atoms with E-state index >= 15 is 0 Å². The van der Waals surface area contributed by atoms with Gasteiger partial charge < -0.3 is 9.84 Å².